The number of aromatic nitrogens is 1. The molecule has 88 valence electrons. The van der Waals surface area contributed by atoms with E-state index in [9.17, 15) is 17.2 Å². The summed E-state index contributed by atoms with van der Waals surface area (Å²) in [7, 11) is -4.67. The first-order valence-electron chi connectivity index (χ1n) is 3.90. The van der Waals surface area contributed by atoms with Crippen molar-refractivity contribution in [2.24, 2.45) is 5.73 Å². The van der Waals surface area contributed by atoms with Crippen LogP contribution in [0.3, 0.4) is 0 Å². The minimum atomic E-state index is -4.67. The number of halogens is 2. The first-order valence-corrected chi connectivity index (χ1v) is 6.26. The van der Waals surface area contributed by atoms with Gasteiger partial charge in [0.2, 0.25) is 0 Å². The Balaban J connectivity index is 2.81. The third kappa shape index (κ3) is 3.41. The lowest BCUT2D eigenvalue weighted by molar-refractivity contribution is 0.236. The van der Waals surface area contributed by atoms with Crippen molar-refractivity contribution in [1.82, 2.24) is 4.98 Å². The molecule has 0 aromatic carbocycles. The normalized spacial score (nSPS) is 11.0. The van der Waals surface area contributed by atoms with Gasteiger partial charge in [-0.05, 0) is 0 Å². The average molecular weight is 267 g/mol. The molecule has 1 rings (SSSR count). The third-order valence-corrected chi connectivity index (χ3v) is 3.19. The minimum Gasteiger partial charge on any atom is -0.320 e. The molecule has 0 saturated carbocycles. The molecule has 16 heavy (non-hydrogen) atoms. The molecule has 3 N–H and O–H groups in total. The highest BCUT2D eigenvalue weighted by Gasteiger charge is 2.24. The number of nitrogens with one attached hydrogen (secondary N) is 1. The third-order valence-electron chi connectivity index (χ3n) is 1.28. The highest BCUT2D eigenvalue weighted by molar-refractivity contribution is 7.93. The molecule has 0 aliphatic rings. The molecular weight excluding hydrogens is 260 g/mol. The molecule has 1 heterocycles. The van der Waals surface area contributed by atoms with Crippen LogP contribution in [-0.4, -0.2) is 25.7 Å². The second-order valence-corrected chi connectivity index (χ2v) is 5.12. The van der Waals surface area contributed by atoms with Gasteiger partial charge in [-0.15, -0.1) is 0 Å². The van der Waals surface area contributed by atoms with Crippen molar-refractivity contribution in [3.8, 4) is 11.8 Å². The van der Waals surface area contributed by atoms with E-state index >= 15 is 0 Å². The maximum atomic E-state index is 12.0. The minimum absolute atomic E-state index is 0.149. The van der Waals surface area contributed by atoms with Crippen LogP contribution in [0.15, 0.2) is 6.20 Å². The van der Waals surface area contributed by atoms with Gasteiger partial charge < -0.3 is 5.73 Å². The number of hydrogen-bond acceptors (Lipinski definition) is 5. The SMILES string of the molecule is NCC#Cc1cnc(NS(=O)(=O)C(F)F)s1. The summed E-state index contributed by atoms with van der Waals surface area (Å²) in [4.78, 5) is 4.03. The van der Waals surface area contributed by atoms with E-state index in [1.165, 1.54) is 6.20 Å². The first kappa shape index (κ1) is 12.8. The topological polar surface area (TPSA) is 85.1 Å². The second kappa shape index (κ2) is 5.20. The Hall–Kier alpha value is -1.24. The quantitative estimate of drug-likeness (QED) is 0.777. The lowest BCUT2D eigenvalue weighted by Gasteiger charge is -2.01. The van der Waals surface area contributed by atoms with Crippen LogP contribution in [0, 0.1) is 11.8 Å². The van der Waals surface area contributed by atoms with Crippen LogP contribution < -0.4 is 10.5 Å². The van der Waals surface area contributed by atoms with Crippen molar-refractivity contribution in [3.63, 3.8) is 0 Å². The molecule has 0 aliphatic carbocycles. The number of thiazole rings is 1. The number of nitrogens with two attached hydrogens (primary N) is 1. The summed E-state index contributed by atoms with van der Waals surface area (Å²) in [5.74, 6) is 1.63. The molecule has 9 heteroatoms. The Labute approximate surface area is 94.7 Å². The van der Waals surface area contributed by atoms with E-state index in [1.54, 1.807) is 4.72 Å². The predicted octanol–water partition coefficient (Wildman–Crippen LogP) is 0.418. The Morgan fingerprint density at radius 2 is 2.31 bits per heavy atom. The van der Waals surface area contributed by atoms with Gasteiger partial charge in [-0.1, -0.05) is 23.2 Å². The molecule has 0 aliphatic heterocycles. The maximum absolute atomic E-state index is 12.0. The van der Waals surface area contributed by atoms with E-state index in [1.807, 2.05) is 0 Å². The standard InChI is InChI=1S/C7H7F2N3O2S2/c8-6(9)16(13,14)12-7-11-4-5(15-7)2-1-3-10/h4,6H,3,10H2,(H,11,12). The van der Waals surface area contributed by atoms with E-state index in [0.717, 1.165) is 11.3 Å². The van der Waals surface area contributed by atoms with Gasteiger partial charge in [-0.2, -0.15) is 8.78 Å². The molecule has 0 saturated heterocycles. The van der Waals surface area contributed by atoms with Gasteiger partial charge in [0.05, 0.1) is 17.6 Å². The fraction of sp³-hybridized carbons (Fsp3) is 0.286. The lowest BCUT2D eigenvalue weighted by Crippen LogP contribution is -2.20. The molecule has 0 atom stereocenters. The van der Waals surface area contributed by atoms with Gasteiger partial charge in [-0.25, -0.2) is 13.4 Å². The maximum Gasteiger partial charge on any atom is 0.355 e. The van der Waals surface area contributed by atoms with Gasteiger partial charge in [0.1, 0.15) is 0 Å². The molecule has 0 unspecified atom stereocenters. The molecule has 0 fully saturated rings. The zero-order valence-electron chi connectivity index (χ0n) is 7.78. The van der Waals surface area contributed by atoms with Crippen molar-refractivity contribution in [2.45, 2.75) is 5.76 Å². The Morgan fingerprint density at radius 3 is 2.88 bits per heavy atom. The number of nitrogens with zero attached hydrogens (tertiary/aromatic N) is 1. The molecular formula is C7H7F2N3O2S2. The smallest absolute Gasteiger partial charge is 0.320 e. The first-order chi connectivity index (χ1) is 7.45. The average Bonchev–Trinajstić information content (AvgIpc) is 2.61. The zero-order valence-corrected chi connectivity index (χ0v) is 9.41. The van der Waals surface area contributed by atoms with Crippen LogP contribution >= 0.6 is 11.3 Å². The van der Waals surface area contributed by atoms with Crippen LogP contribution in [0.5, 0.6) is 0 Å². The molecule has 0 radical (unpaired) electrons. The van der Waals surface area contributed by atoms with Gasteiger partial charge >= 0.3 is 5.76 Å². The summed E-state index contributed by atoms with van der Waals surface area (Å²) in [6.45, 7) is 0.149. The summed E-state index contributed by atoms with van der Waals surface area (Å²) < 4.78 is 47.2. The van der Waals surface area contributed by atoms with E-state index in [2.05, 4.69) is 16.8 Å². The Morgan fingerprint density at radius 1 is 1.62 bits per heavy atom. The monoisotopic (exact) mass is 267 g/mol. The highest BCUT2D eigenvalue weighted by Crippen LogP contribution is 2.19. The number of rotatable bonds is 3. The van der Waals surface area contributed by atoms with Crippen molar-refractivity contribution in [2.75, 3.05) is 11.3 Å². The van der Waals surface area contributed by atoms with E-state index in [4.69, 9.17) is 5.73 Å². The van der Waals surface area contributed by atoms with Crippen molar-refractivity contribution in [3.05, 3.63) is 11.1 Å². The summed E-state index contributed by atoms with van der Waals surface area (Å²) in [6.07, 6.45) is 1.27. The van der Waals surface area contributed by atoms with Crippen LogP contribution in [0.4, 0.5) is 13.9 Å². The number of anilines is 1. The molecule has 0 amide bonds. The Kier molecular flexibility index (Phi) is 4.17. The molecule has 1 aromatic heterocycles. The lowest BCUT2D eigenvalue weighted by atomic mass is 10.5. The summed E-state index contributed by atoms with van der Waals surface area (Å²) in [6, 6.07) is 0. The van der Waals surface area contributed by atoms with E-state index in [-0.39, 0.29) is 11.7 Å². The van der Waals surface area contributed by atoms with Gasteiger partial charge in [0.25, 0.3) is 10.0 Å². The van der Waals surface area contributed by atoms with Gasteiger partial charge in [-0.3, -0.25) is 4.72 Å². The molecule has 1 aromatic rings. The van der Waals surface area contributed by atoms with Gasteiger partial charge in [0, 0.05) is 0 Å². The highest BCUT2D eigenvalue weighted by atomic mass is 32.2. The second-order valence-electron chi connectivity index (χ2n) is 2.44. The fourth-order valence-electron chi connectivity index (χ4n) is 0.683. The summed E-state index contributed by atoms with van der Waals surface area (Å²) in [5, 5.41) is -0.151. The van der Waals surface area contributed by atoms with E-state index in [0.29, 0.717) is 4.88 Å². The van der Waals surface area contributed by atoms with Crippen molar-refractivity contribution in [1.29, 1.82) is 0 Å². The van der Waals surface area contributed by atoms with Crippen LogP contribution in [0.1, 0.15) is 4.88 Å². The van der Waals surface area contributed by atoms with Crippen LogP contribution in [0.2, 0.25) is 0 Å². The van der Waals surface area contributed by atoms with Crippen LogP contribution in [0.25, 0.3) is 0 Å². The van der Waals surface area contributed by atoms with Gasteiger partial charge in [0.15, 0.2) is 5.13 Å². The summed E-state index contributed by atoms with van der Waals surface area (Å²) >= 11 is 0.853. The number of sulfonamides is 1. The Bertz CT molecular complexity index is 515. The molecule has 0 spiro atoms. The summed E-state index contributed by atoms with van der Waals surface area (Å²) in [5.41, 5.74) is 5.12. The zero-order chi connectivity index (χ0) is 12.2. The van der Waals surface area contributed by atoms with E-state index < -0.39 is 15.8 Å². The number of hydrogen-bond donors (Lipinski definition) is 2. The fourth-order valence-corrected chi connectivity index (χ4v) is 2.13. The number of alkyl halides is 2. The predicted molar refractivity (Wildman–Crippen MR) is 56.6 cm³/mol. The van der Waals surface area contributed by atoms with Crippen molar-refractivity contribution >= 4 is 26.5 Å². The van der Waals surface area contributed by atoms with Crippen LogP contribution in [-0.2, 0) is 10.0 Å². The van der Waals surface area contributed by atoms with Crippen molar-refractivity contribution < 1.29 is 17.2 Å². The largest absolute Gasteiger partial charge is 0.355 e. The molecule has 5 nitrogen and oxygen atoms in total. The molecule has 0 bridgehead atoms.